The minimum Gasteiger partial charge on any atom is -0.304 e. The van der Waals surface area contributed by atoms with Crippen LogP contribution in [0.3, 0.4) is 0 Å². The molecular formula is C14H12N4OS. The van der Waals surface area contributed by atoms with Gasteiger partial charge in [0.1, 0.15) is 5.69 Å². The van der Waals surface area contributed by atoms with Gasteiger partial charge in [0, 0.05) is 12.3 Å². The van der Waals surface area contributed by atoms with E-state index in [1.54, 1.807) is 35.7 Å². The zero-order valence-corrected chi connectivity index (χ0v) is 11.6. The van der Waals surface area contributed by atoms with Gasteiger partial charge in [-0.2, -0.15) is 5.10 Å². The number of aromatic amines is 1. The molecule has 3 rings (SSSR count). The average molecular weight is 284 g/mol. The Morgan fingerprint density at radius 2 is 2.25 bits per heavy atom. The summed E-state index contributed by atoms with van der Waals surface area (Å²) >= 11 is 1.63. The molecule has 20 heavy (non-hydrogen) atoms. The number of carbonyl (C=O) groups is 1. The number of aromatic nitrogens is 3. The zero-order valence-electron chi connectivity index (χ0n) is 10.8. The average Bonchev–Trinajstić information content (AvgIpc) is 3.08. The molecule has 0 aliphatic carbocycles. The predicted molar refractivity (Wildman–Crippen MR) is 78.8 cm³/mol. The SMILES string of the molecule is Cc1ccsc1-c1cc(NC(=O)c2ccccn2)n[nH]1. The second kappa shape index (κ2) is 5.26. The van der Waals surface area contributed by atoms with E-state index in [0.29, 0.717) is 11.5 Å². The van der Waals surface area contributed by atoms with E-state index < -0.39 is 0 Å². The molecule has 6 heteroatoms. The fourth-order valence-electron chi connectivity index (χ4n) is 1.83. The van der Waals surface area contributed by atoms with E-state index in [4.69, 9.17) is 0 Å². The predicted octanol–water partition coefficient (Wildman–Crippen LogP) is 3.09. The van der Waals surface area contributed by atoms with Gasteiger partial charge in [0.2, 0.25) is 0 Å². The molecule has 0 unspecified atom stereocenters. The van der Waals surface area contributed by atoms with Gasteiger partial charge >= 0.3 is 0 Å². The molecular weight excluding hydrogens is 272 g/mol. The van der Waals surface area contributed by atoms with Crippen molar-refractivity contribution in [2.24, 2.45) is 0 Å². The summed E-state index contributed by atoms with van der Waals surface area (Å²) in [5.41, 5.74) is 2.44. The highest BCUT2D eigenvalue weighted by molar-refractivity contribution is 7.13. The van der Waals surface area contributed by atoms with Crippen molar-refractivity contribution in [1.29, 1.82) is 0 Å². The molecule has 0 aromatic carbocycles. The van der Waals surface area contributed by atoms with E-state index in [1.165, 1.54) is 5.56 Å². The number of carbonyl (C=O) groups excluding carboxylic acids is 1. The number of amides is 1. The van der Waals surface area contributed by atoms with E-state index in [1.807, 2.05) is 24.4 Å². The Bertz CT molecular complexity index is 732. The summed E-state index contributed by atoms with van der Waals surface area (Å²) in [6, 6.07) is 9.06. The molecule has 3 aromatic rings. The number of H-pyrrole nitrogens is 1. The number of anilines is 1. The third-order valence-electron chi connectivity index (χ3n) is 2.82. The number of rotatable bonds is 3. The number of thiophene rings is 1. The second-order valence-corrected chi connectivity index (χ2v) is 5.18. The van der Waals surface area contributed by atoms with Crippen LogP contribution in [0, 0.1) is 6.92 Å². The van der Waals surface area contributed by atoms with Crippen molar-refractivity contribution < 1.29 is 4.79 Å². The smallest absolute Gasteiger partial charge is 0.275 e. The minimum absolute atomic E-state index is 0.272. The first kappa shape index (κ1) is 12.6. The Balaban J connectivity index is 1.78. The van der Waals surface area contributed by atoms with Gasteiger partial charge in [-0.1, -0.05) is 6.07 Å². The van der Waals surface area contributed by atoms with E-state index in [2.05, 4.69) is 20.5 Å². The lowest BCUT2D eigenvalue weighted by molar-refractivity contribution is 0.102. The van der Waals surface area contributed by atoms with Crippen molar-refractivity contribution in [2.75, 3.05) is 5.32 Å². The second-order valence-electron chi connectivity index (χ2n) is 4.27. The highest BCUT2D eigenvalue weighted by Gasteiger charge is 2.11. The fourth-order valence-corrected chi connectivity index (χ4v) is 2.72. The molecule has 3 heterocycles. The third-order valence-corrected chi connectivity index (χ3v) is 3.87. The van der Waals surface area contributed by atoms with Gasteiger partial charge in [-0.15, -0.1) is 11.3 Å². The summed E-state index contributed by atoms with van der Waals surface area (Å²) in [5, 5.41) is 11.8. The van der Waals surface area contributed by atoms with Gasteiger partial charge in [0.05, 0.1) is 10.6 Å². The largest absolute Gasteiger partial charge is 0.304 e. The molecule has 0 radical (unpaired) electrons. The van der Waals surface area contributed by atoms with Gasteiger partial charge in [-0.3, -0.25) is 14.9 Å². The van der Waals surface area contributed by atoms with Crippen LogP contribution in [0.1, 0.15) is 16.1 Å². The molecule has 0 aliphatic rings. The summed E-state index contributed by atoms with van der Waals surface area (Å²) < 4.78 is 0. The van der Waals surface area contributed by atoms with Gasteiger partial charge in [-0.05, 0) is 36.1 Å². The van der Waals surface area contributed by atoms with Crippen LogP contribution in [0.4, 0.5) is 5.82 Å². The molecule has 0 saturated heterocycles. The van der Waals surface area contributed by atoms with Crippen LogP contribution in [0.25, 0.3) is 10.6 Å². The summed E-state index contributed by atoms with van der Waals surface area (Å²) in [6.07, 6.45) is 1.58. The lowest BCUT2D eigenvalue weighted by atomic mass is 10.2. The minimum atomic E-state index is -0.272. The quantitative estimate of drug-likeness (QED) is 0.776. The van der Waals surface area contributed by atoms with Crippen LogP contribution in [0.2, 0.25) is 0 Å². The Kier molecular flexibility index (Phi) is 3.30. The third kappa shape index (κ3) is 2.46. The Morgan fingerprint density at radius 3 is 2.95 bits per heavy atom. The first-order valence-corrected chi connectivity index (χ1v) is 6.94. The van der Waals surface area contributed by atoms with Crippen molar-refractivity contribution in [1.82, 2.24) is 15.2 Å². The normalized spacial score (nSPS) is 10.4. The maximum Gasteiger partial charge on any atom is 0.275 e. The van der Waals surface area contributed by atoms with Gasteiger partial charge < -0.3 is 5.32 Å². The summed E-state index contributed by atoms with van der Waals surface area (Å²) in [6.45, 7) is 2.04. The van der Waals surface area contributed by atoms with Crippen molar-refractivity contribution >= 4 is 23.1 Å². The Labute approximate surface area is 119 Å². The molecule has 0 spiro atoms. The highest BCUT2D eigenvalue weighted by Crippen LogP contribution is 2.28. The van der Waals surface area contributed by atoms with Crippen molar-refractivity contribution in [3.05, 3.63) is 53.2 Å². The van der Waals surface area contributed by atoms with Crippen molar-refractivity contribution in [3.8, 4) is 10.6 Å². The molecule has 0 atom stereocenters. The van der Waals surface area contributed by atoms with Gasteiger partial charge in [-0.25, -0.2) is 0 Å². The van der Waals surface area contributed by atoms with Crippen LogP contribution >= 0.6 is 11.3 Å². The molecule has 0 saturated carbocycles. The lowest BCUT2D eigenvalue weighted by Crippen LogP contribution is -2.13. The number of nitrogens with zero attached hydrogens (tertiary/aromatic N) is 2. The molecule has 100 valence electrons. The molecule has 0 bridgehead atoms. The fraction of sp³-hybridized carbons (Fsp3) is 0.0714. The van der Waals surface area contributed by atoms with Crippen LogP contribution < -0.4 is 5.32 Å². The van der Waals surface area contributed by atoms with E-state index >= 15 is 0 Å². The maximum absolute atomic E-state index is 12.0. The number of aryl methyl sites for hydroxylation is 1. The number of pyridine rings is 1. The standard InChI is InChI=1S/C14H12N4OS/c1-9-5-7-20-13(9)11-8-12(18-17-11)16-14(19)10-4-2-3-6-15-10/h2-8H,1H3,(H2,16,17,18,19). The Morgan fingerprint density at radius 1 is 1.35 bits per heavy atom. The van der Waals surface area contributed by atoms with Crippen molar-refractivity contribution in [2.45, 2.75) is 6.92 Å². The molecule has 5 nitrogen and oxygen atoms in total. The lowest BCUT2D eigenvalue weighted by Gasteiger charge is -1.99. The molecule has 2 N–H and O–H groups in total. The molecule has 3 aromatic heterocycles. The van der Waals surface area contributed by atoms with Crippen molar-refractivity contribution in [3.63, 3.8) is 0 Å². The number of hydrogen-bond acceptors (Lipinski definition) is 4. The topological polar surface area (TPSA) is 70.7 Å². The van der Waals surface area contributed by atoms with Crippen LogP contribution in [-0.2, 0) is 0 Å². The molecule has 1 amide bonds. The monoisotopic (exact) mass is 284 g/mol. The van der Waals surface area contributed by atoms with E-state index in [-0.39, 0.29) is 5.91 Å². The van der Waals surface area contributed by atoms with Crippen LogP contribution in [-0.4, -0.2) is 21.1 Å². The number of hydrogen-bond donors (Lipinski definition) is 2. The highest BCUT2D eigenvalue weighted by atomic mass is 32.1. The van der Waals surface area contributed by atoms with E-state index in [0.717, 1.165) is 10.6 Å². The number of nitrogens with one attached hydrogen (secondary N) is 2. The summed E-state index contributed by atoms with van der Waals surface area (Å²) in [4.78, 5) is 17.1. The summed E-state index contributed by atoms with van der Waals surface area (Å²) in [5.74, 6) is 0.218. The maximum atomic E-state index is 12.0. The summed E-state index contributed by atoms with van der Waals surface area (Å²) in [7, 11) is 0. The molecule has 0 aliphatic heterocycles. The Hall–Kier alpha value is -2.47. The van der Waals surface area contributed by atoms with E-state index in [9.17, 15) is 4.79 Å². The van der Waals surface area contributed by atoms with Crippen LogP contribution in [0.5, 0.6) is 0 Å². The molecule has 0 fully saturated rings. The zero-order chi connectivity index (χ0) is 13.9. The van der Waals surface area contributed by atoms with Crippen LogP contribution in [0.15, 0.2) is 41.9 Å². The first-order chi connectivity index (χ1) is 9.74. The van der Waals surface area contributed by atoms with Gasteiger partial charge in [0.15, 0.2) is 5.82 Å². The first-order valence-electron chi connectivity index (χ1n) is 6.06. The van der Waals surface area contributed by atoms with Gasteiger partial charge in [0.25, 0.3) is 5.91 Å².